The number of nitrogens with one attached hydrogen (secondary N) is 1. The van der Waals surface area contributed by atoms with Crippen LogP contribution in [0.2, 0.25) is 0 Å². The number of nitrogens with zero attached hydrogens (tertiary/aromatic N) is 2. The second-order valence-electron chi connectivity index (χ2n) is 6.20. The molecule has 7 heteroatoms. The van der Waals surface area contributed by atoms with E-state index in [1.165, 1.54) is 23.5 Å². The number of aromatic amines is 1. The third-order valence-electron chi connectivity index (χ3n) is 4.40. The number of carbonyl (C=O) groups excluding carboxylic acids is 1. The molecule has 1 N–H and O–H groups in total. The molecule has 132 valence electrons. The third kappa shape index (κ3) is 3.30. The van der Waals surface area contributed by atoms with E-state index >= 15 is 0 Å². The van der Waals surface area contributed by atoms with Crippen molar-refractivity contribution in [2.45, 2.75) is 19.4 Å². The molecular formula is C19H16FN3O2S. The molecule has 1 aromatic carbocycles. The van der Waals surface area contributed by atoms with Gasteiger partial charge in [-0.25, -0.2) is 9.37 Å². The quantitative estimate of drug-likeness (QED) is 0.772. The van der Waals surface area contributed by atoms with Crippen molar-refractivity contribution in [3.63, 3.8) is 0 Å². The summed E-state index contributed by atoms with van der Waals surface area (Å²) >= 11 is 1.39. The van der Waals surface area contributed by atoms with Crippen LogP contribution in [0.1, 0.15) is 32.3 Å². The lowest BCUT2D eigenvalue weighted by Gasteiger charge is -2.27. The fourth-order valence-corrected chi connectivity index (χ4v) is 3.82. The van der Waals surface area contributed by atoms with Crippen LogP contribution in [0.25, 0.3) is 0 Å². The molecule has 1 aliphatic heterocycles. The monoisotopic (exact) mass is 369 g/mol. The molecule has 5 nitrogen and oxygen atoms in total. The highest BCUT2D eigenvalue weighted by atomic mass is 32.1. The second-order valence-corrected chi connectivity index (χ2v) is 7.15. The van der Waals surface area contributed by atoms with Crippen LogP contribution in [0.3, 0.4) is 0 Å². The van der Waals surface area contributed by atoms with E-state index in [4.69, 9.17) is 0 Å². The van der Waals surface area contributed by atoms with Gasteiger partial charge >= 0.3 is 0 Å². The topological polar surface area (TPSA) is 66.1 Å². The summed E-state index contributed by atoms with van der Waals surface area (Å²) in [4.78, 5) is 34.6. The van der Waals surface area contributed by atoms with Crippen molar-refractivity contribution in [1.29, 1.82) is 0 Å². The van der Waals surface area contributed by atoms with Gasteiger partial charge in [-0.15, -0.1) is 11.3 Å². The van der Waals surface area contributed by atoms with Gasteiger partial charge in [-0.3, -0.25) is 9.59 Å². The Morgan fingerprint density at radius 3 is 2.96 bits per heavy atom. The van der Waals surface area contributed by atoms with Gasteiger partial charge in [0, 0.05) is 19.4 Å². The molecule has 1 amide bonds. The van der Waals surface area contributed by atoms with Gasteiger partial charge in [0.1, 0.15) is 11.6 Å². The fraction of sp³-hybridized carbons (Fsp3) is 0.211. The second kappa shape index (κ2) is 6.84. The molecule has 0 bridgehead atoms. The van der Waals surface area contributed by atoms with Gasteiger partial charge < -0.3 is 9.88 Å². The molecule has 0 saturated carbocycles. The molecular weight excluding hydrogens is 353 g/mol. The van der Waals surface area contributed by atoms with Crippen LogP contribution >= 0.6 is 11.3 Å². The Balaban J connectivity index is 1.57. The SMILES string of the molecule is O=C(c1cccs1)N1CCc2nc(Cc3cccc(F)c3)[nH]c(=O)c2C1. The summed E-state index contributed by atoms with van der Waals surface area (Å²) in [5, 5.41) is 1.86. The lowest BCUT2D eigenvalue weighted by atomic mass is 10.1. The van der Waals surface area contributed by atoms with Crippen LogP contribution in [0.4, 0.5) is 4.39 Å². The maximum atomic E-state index is 13.3. The van der Waals surface area contributed by atoms with Crippen molar-refractivity contribution < 1.29 is 9.18 Å². The number of amides is 1. The van der Waals surface area contributed by atoms with E-state index in [0.717, 1.165) is 11.3 Å². The first kappa shape index (κ1) is 16.7. The molecule has 1 aliphatic rings. The number of fused-ring (bicyclic) bond motifs is 1. The molecule has 4 rings (SSSR count). The Bertz CT molecular complexity index is 1010. The van der Waals surface area contributed by atoms with Crippen molar-refractivity contribution >= 4 is 17.2 Å². The zero-order chi connectivity index (χ0) is 18.1. The highest BCUT2D eigenvalue weighted by molar-refractivity contribution is 7.12. The molecule has 0 fully saturated rings. The van der Waals surface area contributed by atoms with Crippen LogP contribution in [0.15, 0.2) is 46.6 Å². The van der Waals surface area contributed by atoms with Crippen LogP contribution in [0.5, 0.6) is 0 Å². The van der Waals surface area contributed by atoms with Crippen molar-refractivity contribution in [1.82, 2.24) is 14.9 Å². The summed E-state index contributed by atoms with van der Waals surface area (Å²) in [7, 11) is 0. The van der Waals surface area contributed by atoms with Gasteiger partial charge in [-0.2, -0.15) is 0 Å². The summed E-state index contributed by atoms with van der Waals surface area (Å²) in [6.07, 6.45) is 0.893. The van der Waals surface area contributed by atoms with Crippen LogP contribution in [-0.2, 0) is 19.4 Å². The number of thiophene rings is 1. The van der Waals surface area contributed by atoms with E-state index in [0.29, 0.717) is 35.7 Å². The Hall–Kier alpha value is -2.80. The van der Waals surface area contributed by atoms with E-state index in [-0.39, 0.29) is 23.8 Å². The molecule has 2 aromatic heterocycles. The minimum atomic E-state index is -0.314. The number of aromatic nitrogens is 2. The molecule has 0 atom stereocenters. The summed E-state index contributed by atoms with van der Waals surface area (Å²) in [6.45, 7) is 0.786. The van der Waals surface area contributed by atoms with E-state index in [1.807, 2.05) is 11.4 Å². The van der Waals surface area contributed by atoms with Crippen molar-refractivity contribution in [2.75, 3.05) is 6.54 Å². The van der Waals surface area contributed by atoms with E-state index in [2.05, 4.69) is 9.97 Å². The van der Waals surface area contributed by atoms with Crippen molar-refractivity contribution in [2.24, 2.45) is 0 Å². The van der Waals surface area contributed by atoms with Crippen LogP contribution in [-0.4, -0.2) is 27.3 Å². The van der Waals surface area contributed by atoms with Gasteiger partial charge in [-0.05, 0) is 29.1 Å². The zero-order valence-corrected chi connectivity index (χ0v) is 14.7. The molecule has 26 heavy (non-hydrogen) atoms. The van der Waals surface area contributed by atoms with Crippen LogP contribution in [0, 0.1) is 5.82 Å². The number of carbonyl (C=O) groups is 1. The van der Waals surface area contributed by atoms with Gasteiger partial charge in [0.05, 0.1) is 22.7 Å². The average Bonchev–Trinajstić information content (AvgIpc) is 3.15. The number of H-pyrrole nitrogens is 1. The Kier molecular flexibility index (Phi) is 4.38. The molecule has 0 radical (unpaired) electrons. The number of hydrogen-bond acceptors (Lipinski definition) is 4. The number of benzene rings is 1. The Morgan fingerprint density at radius 1 is 1.31 bits per heavy atom. The normalized spacial score (nSPS) is 13.5. The standard InChI is InChI=1S/C19H16FN3O2S/c20-13-4-1-3-12(9-13)10-17-21-15-6-7-23(11-14(15)18(24)22-17)19(25)16-5-2-8-26-16/h1-5,8-9H,6-7,10-11H2,(H,21,22,24). The van der Waals surface area contributed by atoms with Gasteiger partial charge in [-0.1, -0.05) is 18.2 Å². The summed E-state index contributed by atoms with van der Waals surface area (Å²) in [6, 6.07) is 9.86. The maximum absolute atomic E-state index is 13.3. The maximum Gasteiger partial charge on any atom is 0.264 e. The van der Waals surface area contributed by atoms with Crippen molar-refractivity contribution in [3.05, 3.63) is 85.5 Å². The first-order valence-electron chi connectivity index (χ1n) is 8.28. The van der Waals surface area contributed by atoms with E-state index in [1.54, 1.807) is 23.1 Å². The summed E-state index contributed by atoms with van der Waals surface area (Å²) in [5.41, 5.74) is 1.77. The van der Waals surface area contributed by atoms with Crippen LogP contribution < -0.4 is 5.56 Å². The minimum Gasteiger partial charge on any atom is -0.333 e. The number of hydrogen-bond donors (Lipinski definition) is 1. The average molecular weight is 369 g/mol. The molecule has 3 aromatic rings. The van der Waals surface area contributed by atoms with E-state index in [9.17, 15) is 14.0 Å². The predicted octanol–water partition coefficient (Wildman–Crippen LogP) is 2.76. The molecule has 0 aliphatic carbocycles. The lowest BCUT2D eigenvalue weighted by Crippen LogP contribution is -2.39. The molecule has 0 saturated heterocycles. The largest absolute Gasteiger partial charge is 0.333 e. The van der Waals surface area contributed by atoms with Crippen molar-refractivity contribution in [3.8, 4) is 0 Å². The minimum absolute atomic E-state index is 0.0612. The fourth-order valence-electron chi connectivity index (χ4n) is 3.13. The number of rotatable bonds is 3. The first-order valence-corrected chi connectivity index (χ1v) is 9.16. The molecule has 0 unspecified atom stereocenters. The first-order chi connectivity index (χ1) is 12.6. The third-order valence-corrected chi connectivity index (χ3v) is 5.26. The highest BCUT2D eigenvalue weighted by Crippen LogP contribution is 2.19. The molecule has 3 heterocycles. The Labute approximate surface area is 153 Å². The Morgan fingerprint density at radius 2 is 2.19 bits per heavy atom. The predicted molar refractivity (Wildman–Crippen MR) is 96.8 cm³/mol. The zero-order valence-electron chi connectivity index (χ0n) is 13.9. The van der Waals surface area contributed by atoms with Gasteiger partial charge in [0.15, 0.2) is 0 Å². The molecule has 0 spiro atoms. The van der Waals surface area contributed by atoms with E-state index < -0.39 is 0 Å². The van der Waals surface area contributed by atoms with Gasteiger partial charge in [0.25, 0.3) is 11.5 Å². The lowest BCUT2D eigenvalue weighted by molar-refractivity contribution is 0.0737. The highest BCUT2D eigenvalue weighted by Gasteiger charge is 2.25. The summed E-state index contributed by atoms with van der Waals surface area (Å²) in [5.74, 6) is 0.136. The number of halogens is 1. The van der Waals surface area contributed by atoms with Gasteiger partial charge in [0.2, 0.25) is 0 Å². The smallest absolute Gasteiger partial charge is 0.264 e. The summed E-state index contributed by atoms with van der Waals surface area (Å²) < 4.78 is 13.3.